The highest BCUT2D eigenvalue weighted by Crippen LogP contribution is 2.17. The van der Waals surface area contributed by atoms with Gasteiger partial charge in [-0.05, 0) is 23.6 Å². The van der Waals surface area contributed by atoms with Crippen molar-refractivity contribution >= 4 is 18.3 Å². The van der Waals surface area contributed by atoms with E-state index in [2.05, 4.69) is 40.7 Å². The largest absolute Gasteiger partial charge is 0.379 e. The normalized spacial score (nSPS) is 24.4. The Hall–Kier alpha value is -1.14. The molecule has 2 saturated heterocycles. The molecule has 2 fully saturated rings. The number of carbonyl (C=O) groups excluding carboxylic acids is 1. The van der Waals surface area contributed by atoms with Crippen LogP contribution in [0.15, 0.2) is 24.3 Å². The smallest absolute Gasteiger partial charge is 0.224 e. The third kappa shape index (κ3) is 4.93. The highest BCUT2D eigenvalue weighted by molar-refractivity contribution is 5.85. The summed E-state index contributed by atoms with van der Waals surface area (Å²) < 4.78 is 5.41. The molecule has 1 aromatic carbocycles. The van der Waals surface area contributed by atoms with Gasteiger partial charge < -0.3 is 15.4 Å². The first-order valence-electron chi connectivity index (χ1n) is 8.59. The van der Waals surface area contributed by atoms with Crippen molar-refractivity contribution in [3.63, 3.8) is 0 Å². The Morgan fingerprint density at radius 1 is 1.25 bits per heavy atom. The molecule has 2 N–H and O–H groups in total. The second-order valence-corrected chi connectivity index (χ2v) is 6.62. The fraction of sp³-hybridized carbons (Fsp3) is 0.611. The lowest BCUT2D eigenvalue weighted by atomic mass is 9.97. The Morgan fingerprint density at radius 3 is 2.62 bits per heavy atom. The average molecular weight is 354 g/mol. The molecule has 3 rings (SSSR count). The van der Waals surface area contributed by atoms with E-state index in [1.54, 1.807) is 0 Å². The molecule has 0 spiro atoms. The standard InChI is InChI=1S/C18H27N3O2.ClH/c1-14-10-19-12-17(14)18(22)20-11-15-4-2-3-5-16(15)13-21-6-8-23-9-7-21;/h2-5,14,17,19H,6-13H2,1H3,(H,20,22);1H/t14-,17-;/m1./s1. The van der Waals surface area contributed by atoms with E-state index >= 15 is 0 Å². The number of hydrogen-bond donors (Lipinski definition) is 2. The fourth-order valence-electron chi connectivity index (χ4n) is 3.36. The zero-order valence-electron chi connectivity index (χ0n) is 14.3. The number of amides is 1. The van der Waals surface area contributed by atoms with Gasteiger partial charge in [-0.3, -0.25) is 9.69 Å². The fourth-order valence-corrected chi connectivity index (χ4v) is 3.36. The van der Waals surface area contributed by atoms with Crippen LogP contribution in [0.25, 0.3) is 0 Å². The number of nitrogens with one attached hydrogen (secondary N) is 2. The van der Waals surface area contributed by atoms with E-state index in [-0.39, 0.29) is 24.2 Å². The molecule has 5 nitrogen and oxygen atoms in total. The van der Waals surface area contributed by atoms with E-state index in [1.165, 1.54) is 11.1 Å². The Kier molecular flexibility index (Phi) is 7.49. The SMILES string of the molecule is C[C@@H]1CNC[C@H]1C(=O)NCc1ccccc1CN1CCOCC1.Cl. The quantitative estimate of drug-likeness (QED) is 0.840. The first-order valence-corrected chi connectivity index (χ1v) is 8.59. The summed E-state index contributed by atoms with van der Waals surface area (Å²) in [5.74, 6) is 0.684. The first kappa shape index (κ1) is 19.2. The molecule has 0 aromatic heterocycles. The van der Waals surface area contributed by atoms with Crippen LogP contribution in [-0.4, -0.2) is 50.2 Å². The van der Waals surface area contributed by atoms with Crippen LogP contribution in [0.1, 0.15) is 18.1 Å². The maximum atomic E-state index is 12.4. The van der Waals surface area contributed by atoms with Crippen LogP contribution in [0.4, 0.5) is 0 Å². The van der Waals surface area contributed by atoms with Crippen LogP contribution >= 0.6 is 12.4 Å². The van der Waals surface area contributed by atoms with E-state index in [1.807, 2.05) is 6.07 Å². The van der Waals surface area contributed by atoms with Gasteiger partial charge in [-0.1, -0.05) is 31.2 Å². The zero-order valence-corrected chi connectivity index (χ0v) is 15.1. The summed E-state index contributed by atoms with van der Waals surface area (Å²) in [4.78, 5) is 14.8. The molecule has 0 radical (unpaired) electrons. The topological polar surface area (TPSA) is 53.6 Å². The predicted molar refractivity (Wildman–Crippen MR) is 97.2 cm³/mol. The van der Waals surface area contributed by atoms with Gasteiger partial charge in [0, 0.05) is 32.7 Å². The van der Waals surface area contributed by atoms with Crippen molar-refractivity contribution in [2.24, 2.45) is 11.8 Å². The number of benzene rings is 1. The number of rotatable bonds is 5. The lowest BCUT2D eigenvalue weighted by Gasteiger charge is -2.27. The number of nitrogens with zero attached hydrogens (tertiary/aromatic N) is 1. The number of halogens is 1. The van der Waals surface area contributed by atoms with Gasteiger partial charge in [0.2, 0.25) is 5.91 Å². The molecule has 2 atom stereocenters. The monoisotopic (exact) mass is 353 g/mol. The summed E-state index contributed by atoms with van der Waals surface area (Å²) in [5, 5.41) is 6.41. The van der Waals surface area contributed by atoms with Crippen molar-refractivity contribution in [1.29, 1.82) is 0 Å². The average Bonchev–Trinajstić information content (AvgIpc) is 3.01. The molecule has 24 heavy (non-hydrogen) atoms. The molecule has 2 heterocycles. The summed E-state index contributed by atoms with van der Waals surface area (Å²) in [6.45, 7) is 8.99. The zero-order chi connectivity index (χ0) is 16.1. The number of ether oxygens (including phenoxy) is 1. The second kappa shape index (κ2) is 9.37. The molecule has 0 saturated carbocycles. The van der Waals surface area contributed by atoms with Crippen LogP contribution in [0.3, 0.4) is 0 Å². The van der Waals surface area contributed by atoms with Gasteiger partial charge in [0.15, 0.2) is 0 Å². The van der Waals surface area contributed by atoms with Gasteiger partial charge in [-0.15, -0.1) is 12.4 Å². The van der Waals surface area contributed by atoms with Gasteiger partial charge in [0.05, 0.1) is 19.1 Å². The Bertz CT molecular complexity index is 535. The lowest BCUT2D eigenvalue weighted by molar-refractivity contribution is -0.125. The molecular formula is C18H28ClN3O2. The van der Waals surface area contributed by atoms with Crippen molar-refractivity contribution in [2.45, 2.75) is 20.0 Å². The molecule has 0 unspecified atom stereocenters. The van der Waals surface area contributed by atoms with Gasteiger partial charge in [0.25, 0.3) is 0 Å². The van der Waals surface area contributed by atoms with Gasteiger partial charge >= 0.3 is 0 Å². The van der Waals surface area contributed by atoms with Gasteiger partial charge in [-0.2, -0.15) is 0 Å². The number of hydrogen-bond acceptors (Lipinski definition) is 4. The van der Waals surface area contributed by atoms with Crippen molar-refractivity contribution in [1.82, 2.24) is 15.5 Å². The molecule has 134 valence electrons. The minimum atomic E-state index is 0. The Morgan fingerprint density at radius 2 is 1.96 bits per heavy atom. The van der Waals surface area contributed by atoms with Crippen molar-refractivity contribution in [2.75, 3.05) is 39.4 Å². The van der Waals surface area contributed by atoms with Crippen LogP contribution in [0.5, 0.6) is 0 Å². The van der Waals surface area contributed by atoms with Crippen molar-refractivity contribution in [3.05, 3.63) is 35.4 Å². The maximum Gasteiger partial charge on any atom is 0.224 e. The van der Waals surface area contributed by atoms with E-state index < -0.39 is 0 Å². The van der Waals surface area contributed by atoms with Crippen LogP contribution < -0.4 is 10.6 Å². The number of morpholine rings is 1. The van der Waals surface area contributed by atoms with E-state index in [0.29, 0.717) is 12.5 Å². The molecular weight excluding hydrogens is 326 g/mol. The van der Waals surface area contributed by atoms with E-state index in [0.717, 1.165) is 45.9 Å². The Labute approximate surface area is 150 Å². The molecule has 2 aliphatic rings. The molecule has 1 aromatic rings. The summed E-state index contributed by atoms with van der Waals surface area (Å²) in [6.07, 6.45) is 0. The molecule has 2 aliphatic heterocycles. The van der Waals surface area contributed by atoms with Crippen molar-refractivity contribution in [3.8, 4) is 0 Å². The molecule has 1 amide bonds. The first-order chi connectivity index (χ1) is 11.2. The third-order valence-corrected chi connectivity index (χ3v) is 4.92. The Balaban J connectivity index is 0.00000208. The number of carbonyl (C=O) groups is 1. The summed E-state index contributed by atoms with van der Waals surface area (Å²) in [5.41, 5.74) is 2.51. The maximum absolute atomic E-state index is 12.4. The van der Waals surface area contributed by atoms with Gasteiger partial charge in [0.1, 0.15) is 0 Å². The second-order valence-electron chi connectivity index (χ2n) is 6.62. The molecule has 0 bridgehead atoms. The van der Waals surface area contributed by atoms with Crippen LogP contribution in [0.2, 0.25) is 0 Å². The lowest BCUT2D eigenvalue weighted by Crippen LogP contribution is -2.36. The molecule has 0 aliphatic carbocycles. The van der Waals surface area contributed by atoms with Gasteiger partial charge in [-0.25, -0.2) is 0 Å². The highest BCUT2D eigenvalue weighted by atomic mass is 35.5. The summed E-state index contributed by atoms with van der Waals surface area (Å²) in [7, 11) is 0. The van der Waals surface area contributed by atoms with E-state index in [4.69, 9.17) is 4.74 Å². The van der Waals surface area contributed by atoms with Crippen LogP contribution in [-0.2, 0) is 22.6 Å². The van der Waals surface area contributed by atoms with Crippen LogP contribution in [0, 0.1) is 11.8 Å². The minimum absolute atomic E-state index is 0. The summed E-state index contributed by atoms with van der Waals surface area (Å²) >= 11 is 0. The third-order valence-electron chi connectivity index (χ3n) is 4.92. The predicted octanol–water partition coefficient (Wildman–Crippen LogP) is 1.41. The van der Waals surface area contributed by atoms with E-state index in [9.17, 15) is 4.79 Å². The minimum Gasteiger partial charge on any atom is -0.379 e. The summed E-state index contributed by atoms with van der Waals surface area (Å²) in [6, 6.07) is 8.40. The highest BCUT2D eigenvalue weighted by Gasteiger charge is 2.29. The van der Waals surface area contributed by atoms with Crippen molar-refractivity contribution < 1.29 is 9.53 Å². The molecule has 6 heteroatoms.